The molecule has 0 unspecified atom stereocenters. The molecule has 1 aromatic heterocycles. The van der Waals surface area contributed by atoms with Crippen LogP contribution in [0.15, 0.2) is 12.1 Å². The van der Waals surface area contributed by atoms with Crippen molar-refractivity contribution in [2.45, 2.75) is 32.4 Å². The zero-order chi connectivity index (χ0) is 11.4. The van der Waals surface area contributed by atoms with E-state index in [0.717, 1.165) is 37.4 Å². The molecule has 16 heavy (non-hydrogen) atoms. The van der Waals surface area contributed by atoms with Crippen LogP contribution in [0.25, 0.3) is 0 Å². The van der Waals surface area contributed by atoms with Crippen molar-refractivity contribution in [2.24, 2.45) is 0 Å². The molecule has 4 nitrogen and oxygen atoms in total. The Bertz CT molecular complexity index is 349. The largest absolute Gasteiger partial charge is 0.506 e. The number of ether oxygens (including phenoxy) is 1. The van der Waals surface area contributed by atoms with Gasteiger partial charge in [0.1, 0.15) is 5.75 Å². The van der Waals surface area contributed by atoms with Gasteiger partial charge in [0, 0.05) is 31.5 Å². The maximum absolute atomic E-state index is 9.64. The van der Waals surface area contributed by atoms with Gasteiger partial charge in [0.2, 0.25) is 0 Å². The van der Waals surface area contributed by atoms with Gasteiger partial charge in [-0.15, -0.1) is 0 Å². The summed E-state index contributed by atoms with van der Waals surface area (Å²) in [5.74, 6) is 0.269. The highest BCUT2D eigenvalue weighted by Gasteiger charge is 2.13. The first-order valence-corrected chi connectivity index (χ1v) is 5.72. The Morgan fingerprint density at radius 1 is 1.44 bits per heavy atom. The van der Waals surface area contributed by atoms with E-state index in [1.54, 1.807) is 6.07 Å². The van der Waals surface area contributed by atoms with Crippen molar-refractivity contribution in [1.29, 1.82) is 0 Å². The van der Waals surface area contributed by atoms with Crippen LogP contribution >= 0.6 is 0 Å². The van der Waals surface area contributed by atoms with Gasteiger partial charge >= 0.3 is 0 Å². The second kappa shape index (κ2) is 5.27. The van der Waals surface area contributed by atoms with E-state index < -0.39 is 0 Å². The van der Waals surface area contributed by atoms with Crippen molar-refractivity contribution in [3.8, 4) is 5.75 Å². The molecule has 0 radical (unpaired) electrons. The average Bonchev–Trinajstić information content (AvgIpc) is 2.32. The molecule has 0 amide bonds. The first-order chi connectivity index (χ1) is 7.75. The van der Waals surface area contributed by atoms with Crippen LogP contribution in [0.2, 0.25) is 0 Å². The second-order valence-electron chi connectivity index (χ2n) is 4.19. The Kier molecular flexibility index (Phi) is 3.74. The number of rotatable bonds is 3. The molecule has 1 aromatic rings. The van der Waals surface area contributed by atoms with Crippen LogP contribution in [0.1, 0.15) is 24.2 Å². The minimum Gasteiger partial charge on any atom is -0.506 e. The third-order valence-electron chi connectivity index (χ3n) is 2.87. The van der Waals surface area contributed by atoms with E-state index >= 15 is 0 Å². The molecule has 2 N–H and O–H groups in total. The highest BCUT2D eigenvalue weighted by atomic mass is 16.5. The number of nitrogens with one attached hydrogen (secondary N) is 1. The summed E-state index contributed by atoms with van der Waals surface area (Å²) in [7, 11) is 0. The number of pyridine rings is 1. The van der Waals surface area contributed by atoms with E-state index in [1.165, 1.54) is 0 Å². The number of nitrogens with zero attached hydrogens (tertiary/aromatic N) is 1. The van der Waals surface area contributed by atoms with Crippen LogP contribution in [0.5, 0.6) is 5.75 Å². The molecular weight excluding hydrogens is 204 g/mol. The van der Waals surface area contributed by atoms with Gasteiger partial charge in [0.25, 0.3) is 0 Å². The standard InChI is InChI=1S/C12H18N2O2/c1-9-2-3-12(15)11(14-9)8-13-10-4-6-16-7-5-10/h2-3,10,13,15H,4-8H2,1H3. The molecule has 4 heteroatoms. The molecule has 2 heterocycles. The van der Waals surface area contributed by atoms with Crippen LogP contribution in [0, 0.1) is 6.92 Å². The summed E-state index contributed by atoms with van der Waals surface area (Å²) in [4.78, 5) is 4.31. The number of aryl methyl sites for hydroxylation is 1. The van der Waals surface area contributed by atoms with E-state index in [1.807, 2.05) is 13.0 Å². The lowest BCUT2D eigenvalue weighted by Gasteiger charge is -2.23. The third kappa shape index (κ3) is 2.93. The Hall–Kier alpha value is -1.13. The quantitative estimate of drug-likeness (QED) is 0.811. The Balaban J connectivity index is 1.90. The van der Waals surface area contributed by atoms with Gasteiger partial charge in [-0.3, -0.25) is 4.98 Å². The van der Waals surface area contributed by atoms with Crippen molar-refractivity contribution >= 4 is 0 Å². The van der Waals surface area contributed by atoms with E-state index in [0.29, 0.717) is 12.6 Å². The lowest BCUT2D eigenvalue weighted by atomic mass is 10.1. The minimum atomic E-state index is 0.269. The van der Waals surface area contributed by atoms with Crippen molar-refractivity contribution in [2.75, 3.05) is 13.2 Å². The van der Waals surface area contributed by atoms with Gasteiger partial charge in [-0.2, -0.15) is 0 Å². The van der Waals surface area contributed by atoms with Crippen LogP contribution in [0.4, 0.5) is 0 Å². The molecule has 0 aliphatic carbocycles. The molecule has 0 bridgehead atoms. The summed E-state index contributed by atoms with van der Waals surface area (Å²) < 4.78 is 5.29. The van der Waals surface area contributed by atoms with E-state index in [-0.39, 0.29) is 5.75 Å². The first kappa shape index (κ1) is 11.4. The Labute approximate surface area is 95.7 Å². The van der Waals surface area contributed by atoms with Gasteiger partial charge in [0.05, 0.1) is 5.69 Å². The van der Waals surface area contributed by atoms with Crippen molar-refractivity contribution < 1.29 is 9.84 Å². The summed E-state index contributed by atoms with van der Waals surface area (Å²) >= 11 is 0. The predicted molar refractivity (Wildman–Crippen MR) is 61.3 cm³/mol. The zero-order valence-corrected chi connectivity index (χ0v) is 9.57. The predicted octanol–water partition coefficient (Wildman–Crippen LogP) is 1.36. The van der Waals surface area contributed by atoms with Crippen LogP contribution in [-0.2, 0) is 11.3 Å². The lowest BCUT2D eigenvalue weighted by molar-refractivity contribution is 0.0774. The number of hydrogen-bond donors (Lipinski definition) is 2. The molecule has 0 saturated carbocycles. The molecule has 88 valence electrons. The monoisotopic (exact) mass is 222 g/mol. The van der Waals surface area contributed by atoms with E-state index in [9.17, 15) is 5.11 Å². The molecule has 0 aromatic carbocycles. The molecule has 1 aliphatic heterocycles. The maximum atomic E-state index is 9.64. The fourth-order valence-electron chi connectivity index (χ4n) is 1.88. The van der Waals surface area contributed by atoms with Gasteiger partial charge < -0.3 is 15.2 Å². The third-order valence-corrected chi connectivity index (χ3v) is 2.87. The van der Waals surface area contributed by atoms with Crippen molar-refractivity contribution in [1.82, 2.24) is 10.3 Å². The Morgan fingerprint density at radius 2 is 2.19 bits per heavy atom. The van der Waals surface area contributed by atoms with Gasteiger partial charge in [-0.25, -0.2) is 0 Å². The highest BCUT2D eigenvalue weighted by Crippen LogP contribution is 2.15. The highest BCUT2D eigenvalue weighted by molar-refractivity contribution is 5.27. The fourth-order valence-corrected chi connectivity index (χ4v) is 1.88. The summed E-state index contributed by atoms with van der Waals surface area (Å²) in [6, 6.07) is 3.99. The van der Waals surface area contributed by atoms with Crippen molar-refractivity contribution in [3.63, 3.8) is 0 Å². The molecule has 0 atom stereocenters. The van der Waals surface area contributed by atoms with Crippen LogP contribution in [-0.4, -0.2) is 29.3 Å². The summed E-state index contributed by atoms with van der Waals surface area (Å²) in [5, 5.41) is 13.0. The SMILES string of the molecule is Cc1ccc(O)c(CNC2CCOCC2)n1. The van der Waals surface area contributed by atoms with Gasteiger partial charge in [-0.05, 0) is 31.9 Å². The number of hydrogen-bond acceptors (Lipinski definition) is 4. The molecule has 1 saturated heterocycles. The van der Waals surface area contributed by atoms with Crippen molar-refractivity contribution in [3.05, 3.63) is 23.5 Å². The van der Waals surface area contributed by atoms with Crippen LogP contribution in [0.3, 0.4) is 0 Å². The van der Waals surface area contributed by atoms with Gasteiger partial charge in [0.15, 0.2) is 0 Å². The number of aromatic hydroxyl groups is 1. The normalized spacial score (nSPS) is 17.6. The van der Waals surface area contributed by atoms with E-state index in [4.69, 9.17) is 4.74 Å². The number of aromatic nitrogens is 1. The second-order valence-corrected chi connectivity index (χ2v) is 4.19. The molecule has 1 aliphatic rings. The van der Waals surface area contributed by atoms with Crippen LogP contribution < -0.4 is 5.32 Å². The smallest absolute Gasteiger partial charge is 0.138 e. The maximum Gasteiger partial charge on any atom is 0.138 e. The molecular formula is C12H18N2O2. The van der Waals surface area contributed by atoms with Gasteiger partial charge in [-0.1, -0.05) is 0 Å². The molecule has 0 spiro atoms. The zero-order valence-electron chi connectivity index (χ0n) is 9.57. The summed E-state index contributed by atoms with van der Waals surface area (Å²) in [6.45, 7) is 4.20. The fraction of sp³-hybridized carbons (Fsp3) is 0.583. The molecule has 1 fully saturated rings. The van der Waals surface area contributed by atoms with E-state index in [2.05, 4.69) is 10.3 Å². The first-order valence-electron chi connectivity index (χ1n) is 5.72. The summed E-state index contributed by atoms with van der Waals surface area (Å²) in [5.41, 5.74) is 1.66. The molecule has 2 rings (SSSR count). The average molecular weight is 222 g/mol. The Morgan fingerprint density at radius 3 is 2.94 bits per heavy atom. The lowest BCUT2D eigenvalue weighted by Crippen LogP contribution is -2.34. The topological polar surface area (TPSA) is 54.4 Å². The minimum absolute atomic E-state index is 0.269. The summed E-state index contributed by atoms with van der Waals surface area (Å²) in [6.07, 6.45) is 2.07.